The van der Waals surface area contributed by atoms with Crippen LogP contribution in [-0.2, 0) is 0 Å². The molecule has 0 unspecified atom stereocenters. The van der Waals surface area contributed by atoms with Gasteiger partial charge in [-0.1, -0.05) is 54.1 Å². The quantitative estimate of drug-likeness (QED) is 0.895. The van der Waals surface area contributed by atoms with Crippen molar-refractivity contribution in [2.75, 3.05) is 11.9 Å². The number of rotatable bonds is 4. The highest BCUT2D eigenvalue weighted by Gasteiger charge is 1.99. The smallest absolute Gasteiger partial charge is 0.0992 e. The number of hydrogen-bond acceptors (Lipinski definition) is 2. The second kappa shape index (κ2) is 6.63. The second-order valence-electron chi connectivity index (χ2n) is 4.00. The molecular formula is C16H13ClN2. The Kier molecular flexibility index (Phi) is 4.60. The van der Waals surface area contributed by atoms with Crippen molar-refractivity contribution in [3.8, 4) is 6.07 Å². The Morgan fingerprint density at radius 3 is 2.68 bits per heavy atom. The lowest BCUT2D eigenvalue weighted by Crippen LogP contribution is -1.99. The Balaban J connectivity index is 1.96. The van der Waals surface area contributed by atoms with E-state index in [2.05, 4.69) is 11.4 Å². The van der Waals surface area contributed by atoms with E-state index in [1.54, 1.807) is 18.2 Å². The van der Waals surface area contributed by atoms with Crippen LogP contribution >= 0.6 is 11.6 Å². The zero-order chi connectivity index (χ0) is 13.5. The molecule has 0 fully saturated rings. The van der Waals surface area contributed by atoms with Gasteiger partial charge in [-0.15, -0.1) is 0 Å². The lowest BCUT2D eigenvalue weighted by atomic mass is 10.2. The van der Waals surface area contributed by atoms with Crippen LogP contribution in [-0.4, -0.2) is 6.54 Å². The molecule has 1 N–H and O–H groups in total. The molecule has 0 saturated carbocycles. The van der Waals surface area contributed by atoms with Crippen molar-refractivity contribution in [3.63, 3.8) is 0 Å². The minimum Gasteiger partial charge on any atom is -0.380 e. The fourth-order valence-electron chi connectivity index (χ4n) is 1.66. The van der Waals surface area contributed by atoms with Crippen molar-refractivity contribution < 1.29 is 0 Å². The summed E-state index contributed by atoms with van der Waals surface area (Å²) in [5, 5.41) is 12.6. The summed E-state index contributed by atoms with van der Waals surface area (Å²) in [7, 11) is 0. The van der Waals surface area contributed by atoms with Crippen LogP contribution in [0.4, 0.5) is 5.69 Å². The first kappa shape index (κ1) is 13.2. The Hall–Kier alpha value is -2.24. The number of nitrogens with zero attached hydrogens (tertiary/aromatic N) is 1. The molecule has 0 aliphatic carbocycles. The molecule has 0 spiro atoms. The van der Waals surface area contributed by atoms with Gasteiger partial charge in [-0.2, -0.15) is 5.26 Å². The number of nitriles is 1. The van der Waals surface area contributed by atoms with Gasteiger partial charge in [0.25, 0.3) is 0 Å². The van der Waals surface area contributed by atoms with E-state index in [-0.39, 0.29) is 0 Å². The summed E-state index contributed by atoms with van der Waals surface area (Å²) in [6.45, 7) is 0.656. The van der Waals surface area contributed by atoms with Gasteiger partial charge in [0.2, 0.25) is 0 Å². The van der Waals surface area contributed by atoms with Crippen molar-refractivity contribution in [1.29, 1.82) is 5.26 Å². The number of halogens is 1. The Labute approximate surface area is 118 Å². The van der Waals surface area contributed by atoms with E-state index in [0.717, 1.165) is 11.3 Å². The molecule has 0 aliphatic rings. The number of benzene rings is 2. The van der Waals surface area contributed by atoms with Crippen molar-refractivity contribution in [2.24, 2.45) is 0 Å². The van der Waals surface area contributed by atoms with Gasteiger partial charge in [0.15, 0.2) is 0 Å². The van der Waals surface area contributed by atoms with Crippen LogP contribution in [0.15, 0.2) is 54.6 Å². The zero-order valence-corrected chi connectivity index (χ0v) is 11.1. The molecule has 2 aromatic rings. The molecule has 0 aliphatic heterocycles. The van der Waals surface area contributed by atoms with Gasteiger partial charge in [-0.3, -0.25) is 0 Å². The summed E-state index contributed by atoms with van der Waals surface area (Å²) in [4.78, 5) is 0. The molecule has 0 bridgehead atoms. The van der Waals surface area contributed by atoms with Crippen LogP contribution in [0.25, 0.3) is 6.08 Å². The molecule has 0 heterocycles. The summed E-state index contributed by atoms with van der Waals surface area (Å²) < 4.78 is 0. The van der Waals surface area contributed by atoms with Gasteiger partial charge in [0.1, 0.15) is 0 Å². The first-order valence-corrected chi connectivity index (χ1v) is 6.32. The molecular weight excluding hydrogens is 256 g/mol. The minimum atomic E-state index is 0.596. The first-order valence-electron chi connectivity index (χ1n) is 5.95. The highest BCUT2D eigenvalue weighted by Crippen LogP contribution is 2.22. The maximum atomic E-state index is 8.84. The summed E-state index contributed by atoms with van der Waals surface area (Å²) in [5.74, 6) is 0. The van der Waals surface area contributed by atoms with Crippen molar-refractivity contribution in [1.82, 2.24) is 0 Å². The Morgan fingerprint density at radius 2 is 1.95 bits per heavy atom. The molecule has 2 nitrogen and oxygen atoms in total. The first-order chi connectivity index (χ1) is 9.29. The largest absolute Gasteiger partial charge is 0.380 e. The van der Waals surface area contributed by atoms with Crippen LogP contribution in [0.1, 0.15) is 11.1 Å². The van der Waals surface area contributed by atoms with Gasteiger partial charge < -0.3 is 5.32 Å². The van der Waals surface area contributed by atoms with Crippen LogP contribution < -0.4 is 5.32 Å². The van der Waals surface area contributed by atoms with Gasteiger partial charge in [-0.05, 0) is 23.8 Å². The van der Waals surface area contributed by atoms with E-state index in [1.807, 2.05) is 42.5 Å². The molecule has 0 amide bonds. The number of anilines is 1. The van der Waals surface area contributed by atoms with E-state index in [1.165, 1.54) is 0 Å². The van der Waals surface area contributed by atoms with Gasteiger partial charge >= 0.3 is 0 Å². The van der Waals surface area contributed by atoms with E-state index in [4.69, 9.17) is 16.9 Å². The fourth-order valence-corrected chi connectivity index (χ4v) is 1.84. The molecule has 2 rings (SSSR count). The summed E-state index contributed by atoms with van der Waals surface area (Å²) in [5.41, 5.74) is 2.53. The third-order valence-corrected chi connectivity index (χ3v) is 2.95. The maximum absolute atomic E-state index is 8.84. The maximum Gasteiger partial charge on any atom is 0.0992 e. The Morgan fingerprint density at radius 1 is 1.16 bits per heavy atom. The highest BCUT2D eigenvalue weighted by molar-refractivity contribution is 6.33. The van der Waals surface area contributed by atoms with Crippen LogP contribution in [0.5, 0.6) is 0 Å². The lowest BCUT2D eigenvalue weighted by molar-refractivity contribution is 1.34. The van der Waals surface area contributed by atoms with E-state index >= 15 is 0 Å². The zero-order valence-electron chi connectivity index (χ0n) is 10.3. The highest BCUT2D eigenvalue weighted by atomic mass is 35.5. The Bertz CT molecular complexity index is 612. The average Bonchev–Trinajstić information content (AvgIpc) is 2.46. The molecule has 2 aromatic carbocycles. The van der Waals surface area contributed by atoms with Crippen LogP contribution in [0, 0.1) is 11.3 Å². The van der Waals surface area contributed by atoms with Gasteiger partial charge in [0.05, 0.1) is 22.3 Å². The minimum absolute atomic E-state index is 0.596. The number of nitrogens with one attached hydrogen (secondary N) is 1. The number of hydrogen-bond donors (Lipinski definition) is 1. The predicted molar refractivity (Wildman–Crippen MR) is 80.1 cm³/mol. The molecule has 94 valence electrons. The molecule has 0 saturated heterocycles. The van der Waals surface area contributed by atoms with E-state index in [9.17, 15) is 0 Å². The average molecular weight is 269 g/mol. The standard InChI is InChI=1S/C16H13ClN2/c17-15-9-8-14(12-18)11-16(15)19-10-4-7-13-5-2-1-3-6-13/h1-9,11,19H,10H2. The monoisotopic (exact) mass is 268 g/mol. The van der Waals surface area contributed by atoms with E-state index in [0.29, 0.717) is 17.1 Å². The molecule has 0 aromatic heterocycles. The predicted octanol–water partition coefficient (Wildman–Crippen LogP) is 4.34. The van der Waals surface area contributed by atoms with E-state index < -0.39 is 0 Å². The SMILES string of the molecule is N#Cc1ccc(Cl)c(NCC=Cc2ccccc2)c1. The van der Waals surface area contributed by atoms with Gasteiger partial charge in [0, 0.05) is 6.54 Å². The van der Waals surface area contributed by atoms with Crippen molar-refractivity contribution in [2.45, 2.75) is 0 Å². The second-order valence-corrected chi connectivity index (χ2v) is 4.41. The van der Waals surface area contributed by atoms with Crippen molar-refractivity contribution in [3.05, 3.63) is 70.8 Å². The topological polar surface area (TPSA) is 35.8 Å². The molecule has 3 heteroatoms. The van der Waals surface area contributed by atoms with Crippen molar-refractivity contribution >= 4 is 23.4 Å². The fraction of sp³-hybridized carbons (Fsp3) is 0.0625. The molecule has 0 radical (unpaired) electrons. The summed E-state index contributed by atoms with van der Waals surface area (Å²) in [6, 6.07) is 17.3. The lowest BCUT2D eigenvalue weighted by Gasteiger charge is -2.06. The van der Waals surface area contributed by atoms with Crippen LogP contribution in [0.3, 0.4) is 0 Å². The van der Waals surface area contributed by atoms with Gasteiger partial charge in [-0.25, -0.2) is 0 Å². The third-order valence-electron chi connectivity index (χ3n) is 2.62. The third kappa shape index (κ3) is 3.87. The normalized spacial score (nSPS) is 10.3. The summed E-state index contributed by atoms with van der Waals surface area (Å²) in [6.07, 6.45) is 4.06. The summed E-state index contributed by atoms with van der Waals surface area (Å²) >= 11 is 6.05. The molecule has 0 atom stereocenters. The van der Waals surface area contributed by atoms with Crippen LogP contribution in [0.2, 0.25) is 5.02 Å². The molecule has 19 heavy (non-hydrogen) atoms.